The first-order valence-electron chi connectivity index (χ1n) is 15.9. The third kappa shape index (κ3) is 4.62. The molecule has 11 nitrogen and oxygen atoms in total. The Kier molecular flexibility index (Phi) is 7.88. The summed E-state index contributed by atoms with van der Waals surface area (Å²) in [7, 11) is 0. The Morgan fingerprint density at radius 1 is 1.09 bits per heavy atom. The number of Topliss-reactive ketones (excluding diaryl/α,β-unsaturated/α-hetero) is 1. The van der Waals surface area contributed by atoms with E-state index in [1.54, 1.807) is 65.0 Å². The smallest absolute Gasteiger partial charge is 0.338 e. The lowest BCUT2D eigenvalue weighted by molar-refractivity contribution is -0.320. The molecular weight excluding hydrogens is 594 g/mol. The largest absolute Gasteiger partial charge is 0.459 e. The van der Waals surface area contributed by atoms with Crippen LogP contribution in [-0.2, 0) is 19.1 Å². The van der Waals surface area contributed by atoms with Crippen LogP contribution in [0.25, 0.3) is 0 Å². The number of nitrogens with one attached hydrogen (secondary N) is 1. The van der Waals surface area contributed by atoms with E-state index in [2.05, 4.69) is 5.32 Å². The molecule has 46 heavy (non-hydrogen) atoms. The number of amides is 1. The first kappa shape index (κ1) is 32.6. The van der Waals surface area contributed by atoms with Crippen molar-refractivity contribution in [3.63, 3.8) is 0 Å². The third-order valence-electron chi connectivity index (χ3n) is 11.7. The van der Waals surface area contributed by atoms with Gasteiger partial charge in [0.05, 0.1) is 30.6 Å². The molecular formula is C35H43NO10. The fourth-order valence-electron chi connectivity index (χ4n) is 9.12. The van der Waals surface area contributed by atoms with Gasteiger partial charge in [0, 0.05) is 23.2 Å². The van der Waals surface area contributed by atoms with E-state index >= 15 is 0 Å². The number of ketones is 1. The van der Waals surface area contributed by atoms with Gasteiger partial charge in [-0.05, 0) is 54.5 Å². The molecule has 2 heterocycles. The Balaban J connectivity index is 1.36. The van der Waals surface area contributed by atoms with Crippen molar-refractivity contribution in [3.05, 3.63) is 71.2 Å². The van der Waals surface area contributed by atoms with E-state index in [1.165, 1.54) is 18.4 Å². The maximum atomic E-state index is 14.2. The van der Waals surface area contributed by atoms with Crippen LogP contribution in [0.3, 0.4) is 0 Å². The summed E-state index contributed by atoms with van der Waals surface area (Å²) in [6.45, 7) is 8.74. The van der Waals surface area contributed by atoms with Gasteiger partial charge < -0.3 is 39.6 Å². The van der Waals surface area contributed by atoms with Gasteiger partial charge in [-0.2, -0.15) is 0 Å². The van der Waals surface area contributed by atoms with Crippen LogP contribution in [-0.4, -0.2) is 80.3 Å². The van der Waals surface area contributed by atoms with E-state index in [0.717, 1.165) is 0 Å². The van der Waals surface area contributed by atoms with Gasteiger partial charge in [-0.15, -0.1) is 0 Å². The van der Waals surface area contributed by atoms with E-state index in [4.69, 9.17) is 13.9 Å². The lowest BCUT2D eigenvalue weighted by Gasteiger charge is -2.66. The number of hydrogen-bond acceptors (Lipinski definition) is 10. The number of carbonyl (C=O) groups excluding carboxylic acids is 3. The van der Waals surface area contributed by atoms with Crippen molar-refractivity contribution in [2.24, 2.45) is 22.7 Å². The Labute approximate surface area is 267 Å². The topological polar surface area (TPSA) is 176 Å². The fraction of sp³-hybridized carbons (Fsp3) is 0.571. The molecule has 1 amide bonds. The third-order valence-corrected chi connectivity index (χ3v) is 11.7. The maximum Gasteiger partial charge on any atom is 0.338 e. The standard InChI is InChI=1S/C35H43NO10/c1-18-22(46-31(41)27(38)25(20-10-7-6-8-11-20)36-30(40)21-12-9-15-44-21)16-35(43)19(2)28-33(5,14-13-23-34(28,42)17-45-23)29(39)26(37)24(18)32(35,3)4/h6-12,15,19,22-23,25-28,37-38,42-43H,13-14,16-17H2,1-5H3,(H,36,40)/t19-,22?,23?,25?,26?,27?,28?,33+,34?,35?/m0/s1. The highest BCUT2D eigenvalue weighted by molar-refractivity contribution is 5.93. The SMILES string of the molecule is CC1=C2C(O)C(=O)[C@]3(C)CCC4OCC4(O)C3[C@H](C)C(O)(CC1OC(=O)C(O)C(NC(=O)c1ccco1)c1ccccc1)C2(C)C. The van der Waals surface area contributed by atoms with Crippen LogP contribution in [0.4, 0.5) is 0 Å². The summed E-state index contributed by atoms with van der Waals surface area (Å²) in [5.41, 5.74) is -4.24. The van der Waals surface area contributed by atoms with Crippen molar-refractivity contribution in [1.82, 2.24) is 5.32 Å². The number of rotatable bonds is 6. The second-order valence-electron chi connectivity index (χ2n) is 14.3. The minimum Gasteiger partial charge on any atom is -0.459 e. The summed E-state index contributed by atoms with van der Waals surface area (Å²) in [5, 5.41) is 50.4. The predicted octanol–water partition coefficient (Wildman–Crippen LogP) is 2.63. The van der Waals surface area contributed by atoms with Gasteiger partial charge in [0.25, 0.3) is 5.91 Å². The molecule has 0 spiro atoms. The van der Waals surface area contributed by atoms with Crippen LogP contribution >= 0.6 is 0 Å². The zero-order valence-corrected chi connectivity index (χ0v) is 26.7. The average molecular weight is 638 g/mol. The Morgan fingerprint density at radius 2 is 1.78 bits per heavy atom. The molecule has 1 saturated heterocycles. The van der Waals surface area contributed by atoms with Crippen LogP contribution < -0.4 is 5.32 Å². The van der Waals surface area contributed by atoms with Crippen molar-refractivity contribution < 1.29 is 48.7 Å². The number of ether oxygens (including phenoxy) is 2. The fourth-order valence-corrected chi connectivity index (χ4v) is 9.12. The highest BCUT2D eigenvalue weighted by Gasteiger charge is 2.72. The molecule has 1 aliphatic heterocycles. The van der Waals surface area contributed by atoms with Crippen molar-refractivity contribution in [3.8, 4) is 0 Å². The van der Waals surface area contributed by atoms with Crippen LogP contribution in [0.2, 0.25) is 0 Å². The summed E-state index contributed by atoms with van der Waals surface area (Å²) < 4.78 is 16.8. The van der Waals surface area contributed by atoms with Crippen molar-refractivity contribution in [2.45, 2.75) is 95.5 Å². The molecule has 2 aromatic rings. The van der Waals surface area contributed by atoms with E-state index in [0.29, 0.717) is 24.0 Å². The minimum absolute atomic E-state index is 0.0120. The van der Waals surface area contributed by atoms with Crippen molar-refractivity contribution >= 4 is 17.7 Å². The average Bonchev–Trinajstić information content (AvgIpc) is 3.56. The zero-order chi connectivity index (χ0) is 33.4. The highest BCUT2D eigenvalue weighted by Crippen LogP contribution is 2.64. The molecule has 2 bridgehead atoms. The molecule has 0 radical (unpaired) electrons. The van der Waals surface area contributed by atoms with Crippen molar-refractivity contribution in [1.29, 1.82) is 0 Å². The first-order chi connectivity index (χ1) is 21.6. The van der Waals surface area contributed by atoms with E-state index in [-0.39, 0.29) is 24.4 Å². The predicted molar refractivity (Wildman–Crippen MR) is 163 cm³/mol. The zero-order valence-electron chi connectivity index (χ0n) is 26.7. The second kappa shape index (κ2) is 11.1. The number of esters is 1. The summed E-state index contributed by atoms with van der Waals surface area (Å²) in [4.78, 5) is 40.8. The van der Waals surface area contributed by atoms with E-state index in [9.17, 15) is 34.8 Å². The highest BCUT2D eigenvalue weighted by atomic mass is 16.6. The summed E-state index contributed by atoms with van der Waals surface area (Å²) in [5.74, 6) is -3.63. The number of carbonyl (C=O) groups is 3. The molecule has 6 rings (SSSR count). The molecule has 3 aliphatic carbocycles. The summed E-state index contributed by atoms with van der Waals surface area (Å²) in [6.07, 6.45) is -3.07. The van der Waals surface area contributed by atoms with Crippen LogP contribution in [0.5, 0.6) is 0 Å². The molecule has 248 valence electrons. The molecule has 10 atom stereocenters. The molecule has 3 fully saturated rings. The Bertz CT molecular complexity index is 1550. The molecule has 5 N–H and O–H groups in total. The monoisotopic (exact) mass is 637 g/mol. The molecule has 1 aromatic carbocycles. The molecule has 11 heteroatoms. The van der Waals surface area contributed by atoms with Crippen LogP contribution in [0, 0.1) is 22.7 Å². The summed E-state index contributed by atoms with van der Waals surface area (Å²) >= 11 is 0. The molecule has 2 saturated carbocycles. The van der Waals surface area contributed by atoms with Gasteiger partial charge in [-0.3, -0.25) is 9.59 Å². The number of furan rings is 1. The van der Waals surface area contributed by atoms with Gasteiger partial charge in [0.1, 0.15) is 17.8 Å². The minimum atomic E-state index is -1.87. The van der Waals surface area contributed by atoms with Gasteiger partial charge >= 0.3 is 5.97 Å². The van der Waals surface area contributed by atoms with Gasteiger partial charge in [-0.1, -0.05) is 58.0 Å². The maximum absolute atomic E-state index is 14.2. The van der Waals surface area contributed by atoms with Gasteiger partial charge in [-0.25, -0.2) is 4.79 Å². The van der Waals surface area contributed by atoms with E-state index in [1.807, 2.05) is 0 Å². The van der Waals surface area contributed by atoms with E-state index < -0.39 is 82.0 Å². The number of aliphatic hydroxyl groups excluding tert-OH is 2. The number of aliphatic hydroxyl groups is 4. The quantitative estimate of drug-likeness (QED) is 0.234. The Morgan fingerprint density at radius 3 is 2.39 bits per heavy atom. The second-order valence-corrected chi connectivity index (χ2v) is 14.3. The normalized spacial score (nSPS) is 37.8. The lowest BCUT2D eigenvalue weighted by atomic mass is 9.43. The van der Waals surface area contributed by atoms with Crippen molar-refractivity contribution in [2.75, 3.05) is 6.61 Å². The number of hydrogen-bond donors (Lipinski definition) is 5. The molecule has 8 unspecified atom stereocenters. The van der Waals surface area contributed by atoms with Gasteiger partial charge in [0.2, 0.25) is 0 Å². The number of benzene rings is 1. The van der Waals surface area contributed by atoms with Crippen LogP contribution in [0.15, 0.2) is 64.3 Å². The van der Waals surface area contributed by atoms with Gasteiger partial charge in [0.15, 0.2) is 17.6 Å². The lowest BCUT2D eigenvalue weighted by Crippen LogP contribution is -2.76. The summed E-state index contributed by atoms with van der Waals surface area (Å²) in [6, 6.07) is 10.2. The molecule has 4 aliphatic rings. The Hall–Kier alpha value is -3.35. The van der Waals surface area contributed by atoms with Crippen LogP contribution in [0.1, 0.15) is 76.0 Å². The first-order valence-corrected chi connectivity index (χ1v) is 15.9. The number of fused-ring (bicyclic) bond motifs is 5. The molecule has 1 aromatic heterocycles.